The summed E-state index contributed by atoms with van der Waals surface area (Å²) in [6.45, 7) is 0. The summed E-state index contributed by atoms with van der Waals surface area (Å²) in [6.07, 6.45) is 0. The van der Waals surface area contributed by atoms with Crippen molar-refractivity contribution in [3.05, 3.63) is 33.9 Å². The standard InChI is InChI=1S/C7H3N2O4S/c10-7-5-3-4(9(11)12)1-2-6(5)14(13)8-7/h1-3H/q-1. The fraction of sp³-hybridized carbons (Fsp3) is 0. The Morgan fingerprint density at radius 2 is 2.14 bits per heavy atom. The van der Waals surface area contributed by atoms with Gasteiger partial charge in [-0.2, -0.15) is 10.6 Å². The zero-order chi connectivity index (χ0) is 10.3. The first-order valence-electron chi connectivity index (χ1n) is 3.56. The molecule has 0 bridgehead atoms. The number of nitro groups is 1. The number of fused-ring (bicyclic) bond motifs is 1. The fourth-order valence-corrected chi connectivity index (χ4v) is 1.99. The van der Waals surface area contributed by atoms with Gasteiger partial charge in [-0.15, -0.1) is 0 Å². The van der Waals surface area contributed by atoms with E-state index in [1.807, 2.05) is 0 Å². The maximum atomic E-state index is 11.1. The molecule has 1 aliphatic heterocycles. The number of amides is 1. The van der Waals surface area contributed by atoms with Crippen LogP contribution in [0.3, 0.4) is 0 Å². The molecule has 1 aliphatic rings. The molecule has 0 saturated heterocycles. The molecule has 2 rings (SSSR count). The van der Waals surface area contributed by atoms with Crippen molar-refractivity contribution in [2.75, 3.05) is 0 Å². The Balaban J connectivity index is 2.66. The Bertz CT molecular complexity index is 530. The van der Waals surface area contributed by atoms with Crippen LogP contribution in [-0.2, 0) is 14.8 Å². The molecule has 1 amide bonds. The monoisotopic (exact) mass is 211 g/mol. The molecule has 7 heteroatoms. The minimum atomic E-state index is -1.70. The van der Waals surface area contributed by atoms with E-state index < -0.39 is 21.4 Å². The Kier molecular flexibility index (Phi) is 1.81. The van der Waals surface area contributed by atoms with Gasteiger partial charge in [-0.3, -0.25) is 14.9 Å². The summed E-state index contributed by atoms with van der Waals surface area (Å²) in [5.41, 5.74) is -0.149. The zero-order valence-electron chi connectivity index (χ0n) is 6.67. The lowest BCUT2D eigenvalue weighted by Gasteiger charge is -1.99. The predicted molar refractivity (Wildman–Crippen MR) is 46.2 cm³/mol. The first-order chi connectivity index (χ1) is 6.59. The average molecular weight is 211 g/mol. The second kappa shape index (κ2) is 2.88. The topological polar surface area (TPSA) is 89.6 Å². The largest absolute Gasteiger partial charge is 0.439 e. The summed E-state index contributed by atoms with van der Waals surface area (Å²) < 4.78 is 14.4. The lowest BCUT2D eigenvalue weighted by atomic mass is 10.2. The van der Waals surface area contributed by atoms with Crippen LogP contribution >= 0.6 is 0 Å². The minimum absolute atomic E-state index is 0.0533. The van der Waals surface area contributed by atoms with E-state index >= 15 is 0 Å². The van der Waals surface area contributed by atoms with Gasteiger partial charge in [0.05, 0.1) is 4.92 Å². The molecule has 0 spiro atoms. The number of nitro benzene ring substituents is 1. The number of nitrogens with zero attached hydrogens (tertiary/aromatic N) is 2. The summed E-state index contributed by atoms with van der Waals surface area (Å²) in [4.78, 5) is 21.1. The van der Waals surface area contributed by atoms with Crippen LogP contribution in [0.25, 0.3) is 0 Å². The quantitative estimate of drug-likeness (QED) is 0.397. The Morgan fingerprint density at radius 3 is 2.79 bits per heavy atom. The highest BCUT2D eigenvalue weighted by atomic mass is 32.2. The van der Waals surface area contributed by atoms with Crippen molar-refractivity contribution in [3.8, 4) is 0 Å². The lowest BCUT2D eigenvalue weighted by Crippen LogP contribution is -1.94. The zero-order valence-corrected chi connectivity index (χ0v) is 7.48. The van der Waals surface area contributed by atoms with Crippen LogP contribution in [-0.4, -0.2) is 10.8 Å². The van der Waals surface area contributed by atoms with Crippen molar-refractivity contribution < 1.29 is 13.9 Å². The molecule has 0 aromatic heterocycles. The van der Waals surface area contributed by atoms with Crippen molar-refractivity contribution in [2.45, 2.75) is 4.90 Å². The molecule has 1 aromatic rings. The molecule has 0 fully saturated rings. The van der Waals surface area contributed by atoms with E-state index in [0.717, 1.165) is 6.07 Å². The van der Waals surface area contributed by atoms with E-state index in [1.54, 1.807) is 0 Å². The van der Waals surface area contributed by atoms with Gasteiger partial charge in [0, 0.05) is 17.7 Å². The third-order valence-electron chi connectivity index (χ3n) is 1.76. The van der Waals surface area contributed by atoms with Gasteiger partial charge < -0.3 is 8.57 Å². The highest BCUT2D eigenvalue weighted by Crippen LogP contribution is 2.24. The van der Waals surface area contributed by atoms with Gasteiger partial charge in [-0.05, 0) is 0 Å². The number of non-ortho nitro benzene ring substituents is 1. The fourth-order valence-electron chi connectivity index (χ4n) is 1.12. The normalized spacial score (nSPS) is 15.0. The van der Waals surface area contributed by atoms with Crippen LogP contribution in [0.1, 0.15) is 10.4 Å². The van der Waals surface area contributed by atoms with Gasteiger partial charge >= 0.3 is 0 Å². The van der Waals surface area contributed by atoms with Gasteiger partial charge in [0.25, 0.3) is 11.6 Å². The molecule has 0 radical (unpaired) electrons. The van der Waals surface area contributed by atoms with Crippen LogP contribution in [0.15, 0.2) is 27.5 Å². The van der Waals surface area contributed by atoms with Crippen molar-refractivity contribution in [3.63, 3.8) is 0 Å². The molecule has 14 heavy (non-hydrogen) atoms. The molecule has 1 heterocycles. The molecular formula is C7H3N2O4S-. The van der Waals surface area contributed by atoms with Gasteiger partial charge in [0.1, 0.15) is 0 Å². The van der Waals surface area contributed by atoms with Crippen LogP contribution in [0, 0.1) is 10.1 Å². The van der Waals surface area contributed by atoms with Gasteiger partial charge in [0.15, 0.2) is 0 Å². The third-order valence-corrected chi connectivity index (χ3v) is 2.82. The maximum Gasteiger partial charge on any atom is 0.270 e. The van der Waals surface area contributed by atoms with Crippen molar-refractivity contribution in [1.82, 2.24) is 0 Å². The molecular weight excluding hydrogens is 208 g/mol. The minimum Gasteiger partial charge on any atom is -0.439 e. The average Bonchev–Trinajstić information content (AvgIpc) is 2.42. The Morgan fingerprint density at radius 1 is 1.43 bits per heavy atom. The van der Waals surface area contributed by atoms with E-state index in [-0.39, 0.29) is 16.1 Å². The van der Waals surface area contributed by atoms with Gasteiger partial charge in [0.2, 0.25) is 0 Å². The van der Waals surface area contributed by atoms with E-state index in [2.05, 4.69) is 4.36 Å². The molecule has 72 valence electrons. The van der Waals surface area contributed by atoms with Gasteiger partial charge in [-0.25, -0.2) is 0 Å². The number of rotatable bonds is 1. The van der Waals surface area contributed by atoms with E-state index in [1.165, 1.54) is 12.1 Å². The van der Waals surface area contributed by atoms with E-state index in [9.17, 15) is 19.1 Å². The first kappa shape index (κ1) is 8.82. The van der Waals surface area contributed by atoms with Crippen LogP contribution < -0.4 is 0 Å². The second-order valence-electron chi connectivity index (χ2n) is 2.58. The molecule has 0 atom stereocenters. The van der Waals surface area contributed by atoms with Crippen LogP contribution in [0.2, 0.25) is 0 Å². The molecule has 1 aromatic carbocycles. The van der Waals surface area contributed by atoms with Crippen LogP contribution in [0.5, 0.6) is 0 Å². The van der Waals surface area contributed by atoms with Crippen molar-refractivity contribution >= 4 is 22.2 Å². The highest BCUT2D eigenvalue weighted by Gasteiger charge is 2.15. The third kappa shape index (κ3) is 1.18. The smallest absolute Gasteiger partial charge is 0.270 e. The summed E-state index contributed by atoms with van der Waals surface area (Å²) in [5.74, 6) is -0.665. The number of benzene rings is 1. The van der Waals surface area contributed by atoms with Gasteiger partial charge in [-0.1, -0.05) is 11.0 Å². The molecule has 0 N–H and O–H groups in total. The molecule has 0 unspecified atom stereocenters. The van der Waals surface area contributed by atoms with Crippen molar-refractivity contribution in [2.24, 2.45) is 4.36 Å². The summed E-state index contributed by atoms with van der Waals surface area (Å²) in [6, 6.07) is 3.58. The summed E-state index contributed by atoms with van der Waals surface area (Å²) in [5, 5.41) is 10.4. The maximum absolute atomic E-state index is 11.1. The molecule has 0 saturated carbocycles. The number of carbonyl (C=O) groups excluding carboxylic acids is 1. The lowest BCUT2D eigenvalue weighted by molar-refractivity contribution is -0.384. The summed E-state index contributed by atoms with van der Waals surface area (Å²) in [7, 11) is -1.70. The number of hydrogen-bond donors (Lipinski definition) is 0. The number of carbonyl (C=O) groups is 1. The predicted octanol–water partition coefficient (Wildman–Crippen LogP) is 1.25. The number of hydrogen-bond acceptors (Lipinski definition) is 5. The van der Waals surface area contributed by atoms with Crippen LogP contribution in [0.4, 0.5) is 5.69 Å². The Hall–Kier alpha value is -1.76. The SMILES string of the molecule is O=C1N=[S-](=O)c2ccc([N+](=O)[O-])cc21. The van der Waals surface area contributed by atoms with E-state index in [0.29, 0.717) is 0 Å². The second-order valence-corrected chi connectivity index (χ2v) is 3.70. The highest BCUT2D eigenvalue weighted by molar-refractivity contribution is 7.75. The van der Waals surface area contributed by atoms with E-state index in [4.69, 9.17) is 0 Å². The summed E-state index contributed by atoms with van der Waals surface area (Å²) >= 11 is 0. The first-order valence-corrected chi connectivity index (χ1v) is 4.66. The Labute approximate surface area is 79.9 Å². The molecule has 6 nitrogen and oxygen atoms in total. The van der Waals surface area contributed by atoms with Crippen molar-refractivity contribution in [1.29, 1.82) is 0 Å². The molecule has 0 aliphatic carbocycles.